The highest BCUT2D eigenvalue weighted by molar-refractivity contribution is 5.83. The molecule has 52 heavy (non-hydrogen) atoms. The molecule has 6 atom stereocenters. The first kappa shape index (κ1) is 38.6. The van der Waals surface area contributed by atoms with E-state index in [2.05, 4.69) is 61.1 Å². The number of rotatable bonds is 15. The van der Waals surface area contributed by atoms with Crippen molar-refractivity contribution < 1.29 is 19.8 Å². The summed E-state index contributed by atoms with van der Waals surface area (Å²) in [6.45, 7) is 14.1. The summed E-state index contributed by atoms with van der Waals surface area (Å²) in [5.74, 6) is 1.60. The summed E-state index contributed by atoms with van der Waals surface area (Å²) in [5, 5.41) is 34.1. The second-order valence-electron chi connectivity index (χ2n) is 17.7. The van der Waals surface area contributed by atoms with Crippen LogP contribution in [0.25, 0.3) is 0 Å². The summed E-state index contributed by atoms with van der Waals surface area (Å²) in [7, 11) is 0. The summed E-state index contributed by atoms with van der Waals surface area (Å²) in [6, 6.07) is 11.6. The van der Waals surface area contributed by atoms with E-state index in [1.54, 1.807) is 12.1 Å². The molecule has 2 aromatic rings. The van der Waals surface area contributed by atoms with Gasteiger partial charge in [0.25, 0.3) is 0 Å². The second-order valence-corrected chi connectivity index (χ2v) is 17.7. The van der Waals surface area contributed by atoms with E-state index in [9.17, 15) is 19.8 Å². The molecular weight excluding hydrogens is 649 g/mol. The molecule has 8 nitrogen and oxygen atoms in total. The Morgan fingerprint density at radius 3 is 1.42 bits per heavy atom. The zero-order valence-electron chi connectivity index (χ0n) is 32.5. The SMILES string of the molecule is C[C@]1(C(=O)NCCCNCCCCNCCCNC(=O)[C@@]2(C)CCC[C@]3(C)c4cc(O)ccc4CC[C@@H]23)CCC[C@]2(C)c3cc(O)ccc3CC[C@@H]12. The molecule has 0 radical (unpaired) electrons. The van der Waals surface area contributed by atoms with E-state index < -0.39 is 0 Å². The third-order valence-electron chi connectivity index (χ3n) is 14.3. The Morgan fingerprint density at radius 1 is 0.596 bits per heavy atom. The first-order valence-electron chi connectivity index (χ1n) is 20.5. The number of phenolic OH excluding ortho intramolecular Hbond substituents is 2. The van der Waals surface area contributed by atoms with Gasteiger partial charge in [0, 0.05) is 13.1 Å². The van der Waals surface area contributed by atoms with Crippen LogP contribution in [0.15, 0.2) is 36.4 Å². The van der Waals surface area contributed by atoms with E-state index in [1.165, 1.54) is 22.3 Å². The van der Waals surface area contributed by atoms with Gasteiger partial charge in [0.15, 0.2) is 0 Å². The minimum Gasteiger partial charge on any atom is -0.508 e. The van der Waals surface area contributed by atoms with Crippen molar-refractivity contribution in [2.24, 2.45) is 22.7 Å². The standard InChI is InChI=1S/C44H66N4O4/c1-41-19-7-21-43(3,37(41)17-13-31-11-15-33(49)29-35(31)41)39(51)47-27-9-25-45-23-5-6-24-46-26-10-28-48-40(52)44(4)22-8-20-42(2)36-30-34(50)16-12-32(36)14-18-38(42)44/h11-12,15-16,29-30,37-38,45-46,49-50H,5-10,13-14,17-28H2,1-4H3,(H,47,51)(H,48,52)/t37-,38-,41-,42-,43+,44+/m1/s1. The van der Waals surface area contributed by atoms with Crippen molar-refractivity contribution in [2.45, 2.75) is 128 Å². The van der Waals surface area contributed by atoms with E-state index >= 15 is 0 Å². The number of carbonyl (C=O) groups is 2. The molecule has 0 heterocycles. The van der Waals surface area contributed by atoms with Crippen molar-refractivity contribution in [3.8, 4) is 11.5 Å². The number of carbonyl (C=O) groups excluding carboxylic acids is 2. The largest absolute Gasteiger partial charge is 0.508 e. The van der Waals surface area contributed by atoms with Crippen molar-refractivity contribution >= 4 is 11.8 Å². The van der Waals surface area contributed by atoms with Crippen LogP contribution in [-0.4, -0.2) is 61.3 Å². The Balaban J connectivity index is 0.811. The summed E-state index contributed by atoms with van der Waals surface area (Å²) in [4.78, 5) is 27.2. The van der Waals surface area contributed by atoms with Crippen LogP contribution < -0.4 is 21.3 Å². The lowest BCUT2D eigenvalue weighted by atomic mass is 9.49. The van der Waals surface area contributed by atoms with Gasteiger partial charge in [-0.05, 0) is 172 Å². The van der Waals surface area contributed by atoms with Crippen LogP contribution in [0.3, 0.4) is 0 Å². The fourth-order valence-corrected chi connectivity index (χ4v) is 11.4. The average molecular weight is 715 g/mol. The molecule has 2 fully saturated rings. The normalized spacial score (nSPS) is 30.7. The maximum absolute atomic E-state index is 13.6. The highest BCUT2D eigenvalue weighted by atomic mass is 16.3. The molecule has 4 aliphatic carbocycles. The topological polar surface area (TPSA) is 123 Å². The zero-order valence-corrected chi connectivity index (χ0v) is 32.5. The molecule has 2 saturated carbocycles. The molecule has 2 aromatic carbocycles. The van der Waals surface area contributed by atoms with Crippen molar-refractivity contribution in [3.63, 3.8) is 0 Å². The minimum absolute atomic E-state index is 0.0738. The lowest BCUT2D eigenvalue weighted by Gasteiger charge is -2.54. The molecule has 0 saturated heterocycles. The van der Waals surface area contributed by atoms with E-state index in [-0.39, 0.29) is 45.3 Å². The maximum Gasteiger partial charge on any atom is 0.226 e. The molecule has 4 aliphatic rings. The van der Waals surface area contributed by atoms with Crippen LogP contribution in [0.2, 0.25) is 0 Å². The quantitative estimate of drug-likeness (QED) is 0.113. The van der Waals surface area contributed by atoms with Crippen molar-refractivity contribution in [1.82, 2.24) is 21.3 Å². The summed E-state index contributed by atoms with van der Waals surface area (Å²) < 4.78 is 0. The number of fused-ring (bicyclic) bond motifs is 6. The smallest absolute Gasteiger partial charge is 0.226 e. The Labute approximate surface area is 312 Å². The molecule has 0 aliphatic heterocycles. The van der Waals surface area contributed by atoms with E-state index in [0.717, 1.165) is 116 Å². The fourth-order valence-electron chi connectivity index (χ4n) is 11.4. The van der Waals surface area contributed by atoms with Gasteiger partial charge in [-0.2, -0.15) is 0 Å². The van der Waals surface area contributed by atoms with Crippen molar-refractivity contribution in [1.29, 1.82) is 0 Å². The van der Waals surface area contributed by atoms with Gasteiger partial charge in [-0.25, -0.2) is 0 Å². The van der Waals surface area contributed by atoms with Crippen LogP contribution in [0, 0.1) is 22.7 Å². The molecule has 6 N–H and O–H groups in total. The lowest BCUT2D eigenvalue weighted by molar-refractivity contribution is -0.139. The van der Waals surface area contributed by atoms with Gasteiger partial charge >= 0.3 is 0 Å². The Bertz CT molecular complexity index is 1460. The number of aryl methyl sites for hydroxylation is 2. The van der Waals surface area contributed by atoms with Gasteiger partial charge in [0.2, 0.25) is 11.8 Å². The highest BCUT2D eigenvalue weighted by Crippen LogP contribution is 2.59. The maximum atomic E-state index is 13.6. The first-order valence-corrected chi connectivity index (χ1v) is 20.5. The van der Waals surface area contributed by atoms with E-state index in [4.69, 9.17) is 0 Å². The van der Waals surface area contributed by atoms with Crippen molar-refractivity contribution in [3.05, 3.63) is 58.7 Å². The minimum atomic E-state index is -0.382. The number of nitrogens with one attached hydrogen (secondary N) is 4. The Hall–Kier alpha value is -3.10. The van der Waals surface area contributed by atoms with Gasteiger partial charge in [0.1, 0.15) is 11.5 Å². The van der Waals surface area contributed by atoms with Crippen LogP contribution in [0.1, 0.15) is 127 Å². The summed E-state index contributed by atoms with van der Waals surface area (Å²) in [6.07, 6.45) is 14.1. The number of benzene rings is 2. The third kappa shape index (κ3) is 7.62. The van der Waals surface area contributed by atoms with Gasteiger partial charge in [-0.15, -0.1) is 0 Å². The van der Waals surface area contributed by atoms with Crippen LogP contribution in [-0.2, 0) is 33.3 Å². The highest BCUT2D eigenvalue weighted by Gasteiger charge is 2.56. The number of aromatic hydroxyl groups is 2. The molecule has 0 bridgehead atoms. The molecule has 8 heteroatoms. The number of unbranched alkanes of at least 4 members (excludes halogenated alkanes) is 1. The van der Waals surface area contributed by atoms with E-state index in [0.29, 0.717) is 24.6 Å². The Morgan fingerprint density at radius 2 is 1.00 bits per heavy atom. The lowest BCUT2D eigenvalue weighted by Crippen LogP contribution is -2.55. The number of phenols is 2. The summed E-state index contributed by atoms with van der Waals surface area (Å²) >= 11 is 0. The molecular formula is C44H66N4O4. The number of hydrogen-bond donors (Lipinski definition) is 6. The predicted molar refractivity (Wildman–Crippen MR) is 209 cm³/mol. The second kappa shape index (κ2) is 16.1. The summed E-state index contributed by atoms with van der Waals surface area (Å²) in [5.41, 5.74) is 4.24. The predicted octanol–water partition coefficient (Wildman–Crippen LogP) is 6.79. The van der Waals surface area contributed by atoms with Crippen LogP contribution in [0.5, 0.6) is 11.5 Å². The van der Waals surface area contributed by atoms with Crippen LogP contribution in [0.4, 0.5) is 0 Å². The van der Waals surface area contributed by atoms with Gasteiger partial charge in [-0.1, -0.05) is 52.7 Å². The average Bonchev–Trinajstić information content (AvgIpc) is 3.11. The molecule has 0 unspecified atom stereocenters. The molecule has 0 aromatic heterocycles. The number of amides is 2. The molecule has 0 spiro atoms. The monoisotopic (exact) mass is 715 g/mol. The van der Waals surface area contributed by atoms with Gasteiger partial charge < -0.3 is 31.5 Å². The van der Waals surface area contributed by atoms with Crippen LogP contribution >= 0.6 is 0 Å². The van der Waals surface area contributed by atoms with Crippen molar-refractivity contribution in [2.75, 3.05) is 39.3 Å². The van der Waals surface area contributed by atoms with E-state index in [1.807, 2.05) is 12.1 Å². The first-order chi connectivity index (χ1) is 24.9. The fraction of sp³-hybridized carbons (Fsp3) is 0.682. The Kier molecular flexibility index (Phi) is 12.0. The molecule has 2 amide bonds. The third-order valence-corrected chi connectivity index (χ3v) is 14.3. The zero-order chi connectivity index (χ0) is 37.0. The van der Waals surface area contributed by atoms with Gasteiger partial charge in [0.05, 0.1) is 10.8 Å². The molecule has 286 valence electrons. The van der Waals surface area contributed by atoms with Gasteiger partial charge in [-0.3, -0.25) is 9.59 Å². The molecule has 6 rings (SSSR count). The number of hydrogen-bond acceptors (Lipinski definition) is 6.